The fourth-order valence-corrected chi connectivity index (χ4v) is 2.36. The number of ether oxygens (including phenoxy) is 1. The predicted molar refractivity (Wildman–Crippen MR) is 62.2 cm³/mol. The van der Waals surface area contributed by atoms with Crippen LogP contribution in [0.15, 0.2) is 30.3 Å². The van der Waals surface area contributed by atoms with Crippen LogP contribution in [0.5, 0.6) is 0 Å². The van der Waals surface area contributed by atoms with Crippen LogP contribution in [-0.2, 0) is 9.53 Å². The van der Waals surface area contributed by atoms with Crippen molar-refractivity contribution in [2.24, 2.45) is 5.92 Å². The lowest BCUT2D eigenvalue weighted by Gasteiger charge is -2.30. The van der Waals surface area contributed by atoms with Crippen LogP contribution in [-0.4, -0.2) is 26.2 Å². The molecule has 0 saturated carbocycles. The highest BCUT2D eigenvalue weighted by Crippen LogP contribution is 2.30. The van der Waals surface area contributed by atoms with Gasteiger partial charge in [-0.25, -0.2) is 0 Å². The van der Waals surface area contributed by atoms with Crippen LogP contribution in [0.25, 0.3) is 0 Å². The summed E-state index contributed by atoms with van der Waals surface area (Å²) in [6.07, 6.45) is 0.990. The van der Waals surface area contributed by atoms with Gasteiger partial charge in [-0.2, -0.15) is 0 Å². The topological polar surface area (TPSA) is 38.3 Å². The summed E-state index contributed by atoms with van der Waals surface area (Å²) in [4.78, 5) is 11.7. The Labute approximate surface area is 95.8 Å². The quantitative estimate of drug-likeness (QED) is 0.767. The van der Waals surface area contributed by atoms with E-state index in [1.54, 1.807) is 0 Å². The fourth-order valence-electron chi connectivity index (χ4n) is 2.36. The SMILES string of the molecule is COC(=O)[C@@H]1CNCC[C@H]1c1ccccc1. The van der Waals surface area contributed by atoms with Gasteiger partial charge in [0.05, 0.1) is 13.0 Å². The Hall–Kier alpha value is -1.35. The smallest absolute Gasteiger partial charge is 0.310 e. The second-order valence-electron chi connectivity index (χ2n) is 4.14. The van der Waals surface area contributed by atoms with Crippen LogP contribution in [0, 0.1) is 5.92 Å². The van der Waals surface area contributed by atoms with Crippen LogP contribution in [0.2, 0.25) is 0 Å². The molecular weight excluding hydrogens is 202 g/mol. The molecule has 0 unspecified atom stereocenters. The number of carbonyl (C=O) groups excluding carboxylic acids is 1. The van der Waals surface area contributed by atoms with E-state index in [0.717, 1.165) is 13.0 Å². The standard InChI is InChI=1S/C13H17NO2/c1-16-13(15)12-9-14-8-7-11(12)10-5-3-2-4-6-10/h2-6,11-12,14H,7-9H2,1H3/t11-,12+/m0/s1. The number of nitrogens with one attached hydrogen (secondary N) is 1. The number of hydrogen-bond donors (Lipinski definition) is 1. The molecule has 0 bridgehead atoms. The van der Waals surface area contributed by atoms with Gasteiger partial charge in [0, 0.05) is 6.54 Å². The van der Waals surface area contributed by atoms with Gasteiger partial charge in [-0.1, -0.05) is 30.3 Å². The largest absolute Gasteiger partial charge is 0.469 e. The number of hydrogen-bond acceptors (Lipinski definition) is 3. The Morgan fingerprint density at radius 1 is 1.38 bits per heavy atom. The maximum Gasteiger partial charge on any atom is 0.310 e. The molecule has 1 fully saturated rings. The molecule has 0 aliphatic carbocycles. The summed E-state index contributed by atoms with van der Waals surface area (Å²) in [5.74, 6) is 0.122. The van der Waals surface area contributed by atoms with Crippen molar-refractivity contribution in [2.45, 2.75) is 12.3 Å². The second-order valence-corrected chi connectivity index (χ2v) is 4.14. The molecule has 1 saturated heterocycles. The van der Waals surface area contributed by atoms with Crippen LogP contribution >= 0.6 is 0 Å². The van der Waals surface area contributed by atoms with Crippen LogP contribution in [0.1, 0.15) is 17.9 Å². The van der Waals surface area contributed by atoms with Crippen molar-refractivity contribution in [3.63, 3.8) is 0 Å². The highest BCUT2D eigenvalue weighted by atomic mass is 16.5. The van der Waals surface area contributed by atoms with Gasteiger partial charge in [-0.3, -0.25) is 4.79 Å². The summed E-state index contributed by atoms with van der Waals surface area (Å²) in [6.45, 7) is 1.68. The van der Waals surface area contributed by atoms with Crippen molar-refractivity contribution in [3.8, 4) is 0 Å². The summed E-state index contributed by atoms with van der Waals surface area (Å²) in [7, 11) is 1.46. The van der Waals surface area contributed by atoms with Crippen molar-refractivity contribution in [2.75, 3.05) is 20.2 Å². The first kappa shape index (κ1) is 11.1. The van der Waals surface area contributed by atoms with E-state index in [4.69, 9.17) is 4.74 Å². The first-order valence-electron chi connectivity index (χ1n) is 5.66. The van der Waals surface area contributed by atoms with E-state index >= 15 is 0 Å². The third-order valence-corrected chi connectivity index (χ3v) is 3.21. The zero-order chi connectivity index (χ0) is 11.4. The molecule has 1 aliphatic rings. The number of methoxy groups -OCH3 is 1. The van der Waals surface area contributed by atoms with Crippen molar-refractivity contribution in [1.82, 2.24) is 5.32 Å². The molecule has 0 spiro atoms. The minimum Gasteiger partial charge on any atom is -0.469 e. The van der Waals surface area contributed by atoms with E-state index in [1.807, 2.05) is 18.2 Å². The average molecular weight is 219 g/mol. The highest BCUT2D eigenvalue weighted by molar-refractivity contribution is 5.74. The highest BCUT2D eigenvalue weighted by Gasteiger charge is 2.32. The molecular formula is C13H17NO2. The third-order valence-electron chi connectivity index (χ3n) is 3.21. The third kappa shape index (κ3) is 2.25. The van der Waals surface area contributed by atoms with Crippen molar-refractivity contribution in [1.29, 1.82) is 0 Å². The lowest BCUT2D eigenvalue weighted by molar-refractivity contribution is -0.146. The molecule has 0 aromatic heterocycles. The lowest BCUT2D eigenvalue weighted by atomic mass is 9.81. The van der Waals surface area contributed by atoms with Gasteiger partial charge in [-0.15, -0.1) is 0 Å². The minimum atomic E-state index is -0.110. The molecule has 1 aromatic rings. The summed E-state index contributed by atoms with van der Waals surface area (Å²) >= 11 is 0. The molecule has 1 heterocycles. The Balaban J connectivity index is 2.20. The number of rotatable bonds is 2. The molecule has 86 valence electrons. The number of esters is 1. The van der Waals surface area contributed by atoms with Gasteiger partial charge in [-0.05, 0) is 24.4 Å². The monoisotopic (exact) mass is 219 g/mol. The number of benzene rings is 1. The summed E-state index contributed by atoms with van der Waals surface area (Å²) < 4.78 is 4.86. The molecule has 2 rings (SSSR count). The second kappa shape index (κ2) is 5.12. The van der Waals surface area contributed by atoms with E-state index < -0.39 is 0 Å². The summed E-state index contributed by atoms with van der Waals surface area (Å²) in [6, 6.07) is 10.2. The Morgan fingerprint density at radius 2 is 2.12 bits per heavy atom. The zero-order valence-electron chi connectivity index (χ0n) is 9.48. The van der Waals surface area contributed by atoms with Gasteiger partial charge < -0.3 is 10.1 Å². The normalized spacial score (nSPS) is 25.1. The van der Waals surface area contributed by atoms with Gasteiger partial charge in [0.2, 0.25) is 0 Å². The molecule has 0 radical (unpaired) electrons. The van der Waals surface area contributed by atoms with Crippen LogP contribution in [0.3, 0.4) is 0 Å². The molecule has 1 N–H and O–H groups in total. The summed E-state index contributed by atoms with van der Waals surface area (Å²) in [5.41, 5.74) is 1.24. The first-order valence-corrected chi connectivity index (χ1v) is 5.66. The van der Waals surface area contributed by atoms with Gasteiger partial charge in [0.15, 0.2) is 0 Å². The molecule has 0 amide bonds. The van der Waals surface area contributed by atoms with Crippen LogP contribution in [0.4, 0.5) is 0 Å². The van der Waals surface area contributed by atoms with Crippen molar-refractivity contribution in [3.05, 3.63) is 35.9 Å². The maximum absolute atomic E-state index is 11.7. The molecule has 3 heteroatoms. The Bertz CT molecular complexity index is 350. The summed E-state index contributed by atoms with van der Waals surface area (Å²) in [5, 5.41) is 3.25. The number of piperidine rings is 1. The zero-order valence-corrected chi connectivity index (χ0v) is 9.48. The van der Waals surface area contributed by atoms with Crippen molar-refractivity contribution >= 4 is 5.97 Å². The van der Waals surface area contributed by atoms with Crippen LogP contribution < -0.4 is 5.32 Å². The van der Waals surface area contributed by atoms with E-state index in [0.29, 0.717) is 6.54 Å². The van der Waals surface area contributed by atoms with Gasteiger partial charge >= 0.3 is 5.97 Å². The Kier molecular flexibility index (Phi) is 3.57. The fraction of sp³-hybridized carbons (Fsp3) is 0.462. The molecule has 1 aromatic carbocycles. The minimum absolute atomic E-state index is 0.0545. The molecule has 2 atom stereocenters. The van der Waals surface area contributed by atoms with Gasteiger partial charge in [0.25, 0.3) is 0 Å². The number of carbonyl (C=O) groups is 1. The Morgan fingerprint density at radius 3 is 2.81 bits per heavy atom. The predicted octanol–water partition coefficient (Wildman–Crippen LogP) is 1.55. The molecule has 3 nitrogen and oxygen atoms in total. The lowest BCUT2D eigenvalue weighted by Crippen LogP contribution is -2.40. The van der Waals surface area contributed by atoms with E-state index in [-0.39, 0.29) is 17.8 Å². The first-order chi connectivity index (χ1) is 7.83. The van der Waals surface area contributed by atoms with E-state index in [9.17, 15) is 4.79 Å². The van der Waals surface area contributed by atoms with E-state index in [1.165, 1.54) is 12.7 Å². The average Bonchev–Trinajstić information content (AvgIpc) is 2.39. The van der Waals surface area contributed by atoms with Gasteiger partial charge in [0.1, 0.15) is 0 Å². The maximum atomic E-state index is 11.7. The molecule has 1 aliphatic heterocycles. The molecule has 16 heavy (non-hydrogen) atoms. The van der Waals surface area contributed by atoms with E-state index in [2.05, 4.69) is 17.4 Å². The van der Waals surface area contributed by atoms with Crippen molar-refractivity contribution < 1.29 is 9.53 Å².